The van der Waals surface area contributed by atoms with Crippen LogP contribution in [-0.4, -0.2) is 38.0 Å². The van der Waals surface area contributed by atoms with Crippen LogP contribution in [0.2, 0.25) is 0 Å². The fraction of sp³-hybridized carbons (Fsp3) is 0.312. The lowest BCUT2D eigenvalue weighted by Gasteiger charge is -2.09. The first-order valence-electron chi connectivity index (χ1n) is 7.44. The lowest BCUT2D eigenvalue weighted by Crippen LogP contribution is -2.23. The van der Waals surface area contributed by atoms with Gasteiger partial charge in [0.05, 0.1) is 25.5 Å². The number of hydrogen-bond donors (Lipinski definition) is 1. The number of aliphatic hydroxyl groups is 1. The molecule has 3 aromatic rings. The molecule has 0 spiro atoms. The molecule has 2 aromatic heterocycles. The zero-order valence-electron chi connectivity index (χ0n) is 13.1. The first kappa shape index (κ1) is 16.3. The average molecular weight is 332 g/mol. The highest BCUT2D eigenvalue weighted by molar-refractivity contribution is 5.54. The SMILES string of the molecule is Cc1cc(-c2nnn(CC(O)COCc3ccco3)n2)ccc1F. The Kier molecular flexibility index (Phi) is 4.97. The molecule has 0 radical (unpaired) electrons. The van der Waals surface area contributed by atoms with Crippen molar-refractivity contribution < 1.29 is 18.7 Å². The second kappa shape index (κ2) is 7.33. The summed E-state index contributed by atoms with van der Waals surface area (Å²) in [6, 6.07) is 8.17. The van der Waals surface area contributed by atoms with Gasteiger partial charge in [-0.15, -0.1) is 10.2 Å². The number of benzene rings is 1. The molecule has 0 saturated heterocycles. The molecule has 3 rings (SSSR count). The third kappa shape index (κ3) is 4.03. The van der Waals surface area contributed by atoms with E-state index in [0.29, 0.717) is 22.7 Å². The second-order valence-corrected chi connectivity index (χ2v) is 5.38. The van der Waals surface area contributed by atoms with E-state index < -0.39 is 6.10 Å². The molecular formula is C16H17FN4O3. The van der Waals surface area contributed by atoms with Crippen molar-refractivity contribution in [2.75, 3.05) is 6.61 Å². The number of hydrogen-bond acceptors (Lipinski definition) is 6. The predicted molar refractivity (Wildman–Crippen MR) is 82.3 cm³/mol. The second-order valence-electron chi connectivity index (χ2n) is 5.38. The zero-order chi connectivity index (χ0) is 16.9. The van der Waals surface area contributed by atoms with Crippen molar-refractivity contribution in [3.05, 3.63) is 53.7 Å². The van der Waals surface area contributed by atoms with E-state index in [1.54, 1.807) is 37.5 Å². The normalized spacial score (nSPS) is 12.5. The summed E-state index contributed by atoms with van der Waals surface area (Å²) in [5.74, 6) is 0.784. The van der Waals surface area contributed by atoms with Gasteiger partial charge in [0.25, 0.3) is 0 Å². The lowest BCUT2D eigenvalue weighted by molar-refractivity contribution is 0.0111. The Hall–Kier alpha value is -2.58. The zero-order valence-corrected chi connectivity index (χ0v) is 13.1. The third-order valence-corrected chi connectivity index (χ3v) is 3.38. The molecule has 0 amide bonds. The fourth-order valence-corrected chi connectivity index (χ4v) is 2.15. The first-order valence-corrected chi connectivity index (χ1v) is 7.44. The van der Waals surface area contributed by atoms with Crippen molar-refractivity contribution in [3.8, 4) is 11.4 Å². The molecule has 1 aromatic carbocycles. The van der Waals surface area contributed by atoms with Crippen LogP contribution in [0.1, 0.15) is 11.3 Å². The van der Waals surface area contributed by atoms with Gasteiger partial charge in [0.1, 0.15) is 18.2 Å². The molecule has 0 saturated carbocycles. The van der Waals surface area contributed by atoms with Crippen molar-refractivity contribution in [2.24, 2.45) is 0 Å². The number of furan rings is 1. The lowest BCUT2D eigenvalue weighted by atomic mass is 10.1. The van der Waals surface area contributed by atoms with Gasteiger partial charge in [0.15, 0.2) is 0 Å². The number of ether oxygens (including phenoxy) is 1. The number of aliphatic hydroxyl groups excluding tert-OH is 1. The summed E-state index contributed by atoms with van der Waals surface area (Å²) in [5, 5.41) is 22.0. The summed E-state index contributed by atoms with van der Waals surface area (Å²) in [7, 11) is 0. The molecule has 126 valence electrons. The molecule has 7 nitrogen and oxygen atoms in total. The van der Waals surface area contributed by atoms with Gasteiger partial charge >= 0.3 is 0 Å². The summed E-state index contributed by atoms with van der Waals surface area (Å²) >= 11 is 0. The largest absolute Gasteiger partial charge is 0.467 e. The standard InChI is InChI=1S/C16H17FN4O3/c1-11-7-12(4-5-15(11)17)16-18-20-21(19-16)8-13(22)9-23-10-14-3-2-6-24-14/h2-7,13,22H,8-10H2,1H3. The third-order valence-electron chi connectivity index (χ3n) is 3.38. The summed E-state index contributed by atoms with van der Waals surface area (Å²) in [6.45, 7) is 2.22. The molecule has 1 atom stereocenters. The molecule has 8 heteroatoms. The van der Waals surface area contributed by atoms with Gasteiger partial charge in [-0.2, -0.15) is 4.80 Å². The Morgan fingerprint density at radius 2 is 2.25 bits per heavy atom. The number of aryl methyl sites for hydroxylation is 1. The van der Waals surface area contributed by atoms with Crippen molar-refractivity contribution in [1.29, 1.82) is 0 Å². The van der Waals surface area contributed by atoms with Crippen LogP contribution in [-0.2, 0) is 17.9 Å². The smallest absolute Gasteiger partial charge is 0.204 e. The molecule has 1 unspecified atom stereocenters. The van der Waals surface area contributed by atoms with Crippen molar-refractivity contribution in [1.82, 2.24) is 20.2 Å². The maximum atomic E-state index is 13.3. The van der Waals surface area contributed by atoms with Gasteiger partial charge in [0.2, 0.25) is 5.82 Å². The van der Waals surface area contributed by atoms with E-state index in [1.807, 2.05) is 0 Å². The highest BCUT2D eigenvalue weighted by Gasteiger charge is 2.12. The van der Waals surface area contributed by atoms with Crippen LogP contribution in [0.25, 0.3) is 11.4 Å². The van der Waals surface area contributed by atoms with Crippen LogP contribution in [0.3, 0.4) is 0 Å². The molecule has 0 aliphatic carbocycles. The van der Waals surface area contributed by atoms with Crippen LogP contribution < -0.4 is 0 Å². The van der Waals surface area contributed by atoms with Crippen LogP contribution in [0, 0.1) is 12.7 Å². The minimum absolute atomic E-state index is 0.118. The van der Waals surface area contributed by atoms with E-state index in [4.69, 9.17) is 9.15 Å². The Bertz CT molecular complexity index is 788. The summed E-state index contributed by atoms with van der Waals surface area (Å²) in [6.07, 6.45) is 0.782. The molecule has 24 heavy (non-hydrogen) atoms. The molecular weight excluding hydrogens is 315 g/mol. The van der Waals surface area contributed by atoms with E-state index in [0.717, 1.165) is 0 Å². The van der Waals surface area contributed by atoms with Crippen molar-refractivity contribution in [3.63, 3.8) is 0 Å². The van der Waals surface area contributed by atoms with Crippen LogP contribution in [0.15, 0.2) is 41.0 Å². The van der Waals surface area contributed by atoms with Crippen molar-refractivity contribution in [2.45, 2.75) is 26.2 Å². The maximum Gasteiger partial charge on any atom is 0.204 e. The molecule has 1 N–H and O–H groups in total. The van der Waals surface area contributed by atoms with Crippen LogP contribution in [0.4, 0.5) is 4.39 Å². The Labute approximate surface area is 137 Å². The highest BCUT2D eigenvalue weighted by atomic mass is 19.1. The summed E-state index contributed by atoms with van der Waals surface area (Å²) in [5.41, 5.74) is 1.18. The molecule has 0 bridgehead atoms. The topological polar surface area (TPSA) is 86.2 Å². The number of rotatable bonds is 7. The summed E-state index contributed by atoms with van der Waals surface area (Å²) < 4.78 is 23.8. The number of nitrogens with zero attached hydrogens (tertiary/aromatic N) is 4. The van der Waals surface area contributed by atoms with Gasteiger partial charge in [-0.1, -0.05) is 0 Å². The summed E-state index contributed by atoms with van der Waals surface area (Å²) in [4.78, 5) is 1.29. The predicted octanol–water partition coefficient (Wildman–Crippen LogP) is 1.96. The van der Waals surface area contributed by atoms with E-state index in [1.165, 1.54) is 10.9 Å². The quantitative estimate of drug-likeness (QED) is 0.712. The molecule has 0 fully saturated rings. The monoisotopic (exact) mass is 332 g/mol. The van der Waals surface area contributed by atoms with E-state index in [2.05, 4.69) is 15.4 Å². The minimum atomic E-state index is -0.781. The van der Waals surface area contributed by atoms with Gasteiger partial charge in [-0.05, 0) is 48.0 Å². The van der Waals surface area contributed by atoms with Gasteiger partial charge in [0, 0.05) is 5.56 Å². The average Bonchev–Trinajstić information content (AvgIpc) is 3.22. The minimum Gasteiger partial charge on any atom is -0.467 e. The highest BCUT2D eigenvalue weighted by Crippen LogP contribution is 2.17. The van der Waals surface area contributed by atoms with Gasteiger partial charge in [-0.3, -0.25) is 0 Å². The van der Waals surface area contributed by atoms with Crippen LogP contribution >= 0.6 is 0 Å². The van der Waals surface area contributed by atoms with E-state index >= 15 is 0 Å². The molecule has 0 aliphatic heterocycles. The maximum absolute atomic E-state index is 13.3. The number of tetrazole rings is 1. The Balaban J connectivity index is 1.54. The fourth-order valence-electron chi connectivity index (χ4n) is 2.15. The van der Waals surface area contributed by atoms with Crippen molar-refractivity contribution >= 4 is 0 Å². The number of halogens is 1. The van der Waals surface area contributed by atoms with E-state index in [-0.39, 0.29) is 25.6 Å². The Morgan fingerprint density at radius 1 is 1.38 bits per heavy atom. The molecule has 2 heterocycles. The van der Waals surface area contributed by atoms with Crippen LogP contribution in [0.5, 0.6) is 0 Å². The van der Waals surface area contributed by atoms with E-state index in [9.17, 15) is 9.50 Å². The van der Waals surface area contributed by atoms with Gasteiger partial charge in [-0.25, -0.2) is 4.39 Å². The number of aromatic nitrogens is 4. The first-order chi connectivity index (χ1) is 11.6. The molecule has 0 aliphatic rings. The van der Waals surface area contributed by atoms with Gasteiger partial charge < -0.3 is 14.3 Å². The Morgan fingerprint density at radius 3 is 3.00 bits per heavy atom.